The van der Waals surface area contributed by atoms with E-state index in [1.54, 1.807) is 96.9 Å². The molecule has 59 heavy (non-hydrogen) atoms. The van der Waals surface area contributed by atoms with Crippen molar-refractivity contribution in [2.24, 2.45) is 0 Å². The predicted molar refractivity (Wildman–Crippen MR) is 192 cm³/mol. The molecule has 20 heteroatoms. The summed E-state index contributed by atoms with van der Waals surface area (Å²) in [6, 6.07) is 8.31. The second-order valence-corrected chi connectivity index (χ2v) is 11.9. The quantitative estimate of drug-likeness (QED) is 0.230. The molecule has 3 aromatic rings. The SMILES string of the molecule is CC(C)[O-].CC(C)[O-].CC(C)[O-].CC(C)[O-].CC(C)[O-].CC(C)[O-].CC(C)[O-].O=C([O-])c1ccncc1.O=C([O-])c1ccncc1.O=C([O-])c1ccncc1.[O-2].[Ti+4].[Ti+4].[Ti+4]. The molecule has 0 atom stereocenters. The Morgan fingerprint density at radius 2 is 0.424 bits per heavy atom. The first-order chi connectivity index (χ1) is 25.0. The Bertz CT molecular complexity index is 1020. The Morgan fingerprint density at radius 3 is 0.475 bits per heavy atom. The van der Waals surface area contributed by atoms with E-state index in [0.29, 0.717) is 0 Å². The van der Waals surface area contributed by atoms with Crippen LogP contribution in [0.25, 0.3) is 0 Å². The van der Waals surface area contributed by atoms with E-state index in [0.717, 1.165) is 0 Å². The zero-order chi connectivity index (χ0) is 45.1. The summed E-state index contributed by atoms with van der Waals surface area (Å²) in [5, 5.41) is 96.9. The van der Waals surface area contributed by atoms with Gasteiger partial charge in [-0.25, -0.2) is 0 Å². The maximum atomic E-state index is 10.1. The first kappa shape index (κ1) is 84.2. The fourth-order valence-corrected chi connectivity index (χ4v) is 1.46. The van der Waals surface area contributed by atoms with Crippen LogP contribution < -0.4 is 51.1 Å². The van der Waals surface area contributed by atoms with Crippen molar-refractivity contribution in [2.45, 2.75) is 140 Å². The molecular formula is C39H61N3O14Ti3. The number of aromatic carboxylic acids is 3. The first-order valence-corrected chi connectivity index (χ1v) is 17.0. The third-order valence-corrected chi connectivity index (χ3v) is 2.75. The van der Waals surface area contributed by atoms with E-state index >= 15 is 0 Å². The van der Waals surface area contributed by atoms with Crippen LogP contribution in [0.2, 0.25) is 0 Å². The van der Waals surface area contributed by atoms with Crippen LogP contribution in [-0.2, 0) is 70.6 Å². The molecule has 0 bridgehead atoms. The summed E-state index contributed by atoms with van der Waals surface area (Å²) in [4.78, 5) is 41.1. The Labute approximate surface area is 396 Å². The van der Waals surface area contributed by atoms with Gasteiger partial charge in [-0.15, -0.1) is 42.7 Å². The van der Waals surface area contributed by atoms with Crippen LogP contribution in [0.15, 0.2) is 73.6 Å². The molecule has 0 spiro atoms. The zero-order valence-corrected chi connectivity index (χ0v) is 41.2. The standard InChI is InChI=1S/3C6H5NO2.7C3H7O.O.3Ti/c3*8-6(9)5-1-3-7-4-2-5;7*1-3(2)4;;;;/h3*1-4H,(H,8,9);7*3H,1-2H3;;;;/q;;;7*-1;-2;3*+4/p-3. The molecule has 3 aromatic heterocycles. The molecule has 0 saturated heterocycles. The third-order valence-electron chi connectivity index (χ3n) is 2.75. The zero-order valence-electron chi connectivity index (χ0n) is 36.5. The fraction of sp³-hybridized carbons (Fsp3) is 0.538. The topological polar surface area (TPSA) is 349 Å². The van der Waals surface area contributed by atoms with Gasteiger partial charge in [0.25, 0.3) is 0 Å². The maximum absolute atomic E-state index is 10.1. The van der Waals surface area contributed by atoms with Crippen LogP contribution in [-0.4, -0.2) is 75.6 Å². The van der Waals surface area contributed by atoms with Gasteiger partial charge in [-0.2, -0.15) is 0 Å². The van der Waals surface area contributed by atoms with Crippen molar-refractivity contribution >= 4 is 17.9 Å². The number of nitrogens with zero attached hydrogens (tertiary/aromatic N) is 3. The Kier molecular flexibility index (Phi) is 89.0. The van der Waals surface area contributed by atoms with E-state index in [2.05, 4.69) is 15.0 Å². The fourth-order valence-electron chi connectivity index (χ4n) is 1.46. The number of carboxylic acids is 3. The van der Waals surface area contributed by atoms with E-state index in [4.69, 9.17) is 0 Å². The van der Waals surface area contributed by atoms with Crippen LogP contribution in [0.5, 0.6) is 0 Å². The van der Waals surface area contributed by atoms with Crippen molar-refractivity contribution < 1.29 is 136 Å². The summed E-state index contributed by atoms with van der Waals surface area (Å²) in [5.74, 6) is -3.51. The number of rotatable bonds is 3. The predicted octanol–water partition coefficient (Wildman–Crippen LogP) is -3.51. The van der Waals surface area contributed by atoms with Crippen LogP contribution in [0, 0.1) is 0 Å². The van der Waals surface area contributed by atoms with Gasteiger partial charge in [0.15, 0.2) is 0 Å². The van der Waals surface area contributed by atoms with Crippen molar-refractivity contribution in [1.29, 1.82) is 0 Å². The summed E-state index contributed by atoms with van der Waals surface area (Å²) in [6.07, 6.45) is 5.53. The van der Waals surface area contributed by atoms with Gasteiger partial charge in [-0.1, -0.05) is 96.9 Å². The molecule has 0 unspecified atom stereocenters. The first-order valence-electron chi connectivity index (χ1n) is 17.0. The molecule has 0 aromatic carbocycles. The Hall–Kier alpha value is -2.32. The van der Waals surface area contributed by atoms with Gasteiger partial charge >= 0.3 is 65.2 Å². The summed E-state index contributed by atoms with van der Waals surface area (Å²) < 4.78 is 0. The van der Waals surface area contributed by atoms with Gasteiger partial charge in [0.1, 0.15) is 0 Å². The van der Waals surface area contributed by atoms with Gasteiger partial charge in [-0.05, 0) is 36.4 Å². The minimum Gasteiger partial charge on any atom is -2.00 e. The van der Waals surface area contributed by atoms with Gasteiger partial charge in [0, 0.05) is 53.9 Å². The third kappa shape index (κ3) is 141. The van der Waals surface area contributed by atoms with Crippen molar-refractivity contribution in [1.82, 2.24) is 15.0 Å². The molecule has 17 nitrogen and oxygen atoms in total. The number of carboxylic acid groups (broad SMARTS) is 3. The Balaban J connectivity index is -0.0000000492. The molecule has 0 aliphatic rings. The molecular weight excluding hydrogens is 878 g/mol. The van der Waals surface area contributed by atoms with E-state index in [9.17, 15) is 65.4 Å². The minimum absolute atomic E-state index is 0. The summed E-state index contributed by atoms with van der Waals surface area (Å²) in [5.41, 5.74) is 0.472. The van der Waals surface area contributed by atoms with Gasteiger partial charge in [0.05, 0.1) is 17.9 Å². The molecule has 0 aliphatic heterocycles. The molecule has 0 saturated carbocycles. The average Bonchev–Trinajstić information content (AvgIpc) is 3.01. The maximum Gasteiger partial charge on any atom is 4.00 e. The van der Waals surface area contributed by atoms with E-state index < -0.39 is 60.6 Å². The van der Waals surface area contributed by atoms with Crippen molar-refractivity contribution in [3.63, 3.8) is 0 Å². The summed E-state index contributed by atoms with van der Waals surface area (Å²) in [7, 11) is 0. The number of hydrogen-bond acceptors (Lipinski definition) is 16. The summed E-state index contributed by atoms with van der Waals surface area (Å²) >= 11 is 0. The van der Waals surface area contributed by atoms with Crippen molar-refractivity contribution in [3.8, 4) is 0 Å². The number of carbonyl (C=O) groups is 3. The molecule has 0 amide bonds. The second-order valence-electron chi connectivity index (χ2n) is 11.9. The van der Waals surface area contributed by atoms with E-state index in [1.165, 1.54) is 73.6 Å². The van der Waals surface area contributed by atoms with Crippen molar-refractivity contribution in [3.05, 3.63) is 90.3 Å². The molecule has 0 N–H and O–H groups in total. The van der Waals surface area contributed by atoms with E-state index in [1.807, 2.05) is 0 Å². The number of hydrogen-bond donors (Lipinski definition) is 0. The molecule has 3 rings (SSSR count). The van der Waals surface area contributed by atoms with Gasteiger partial charge in [-0.3, -0.25) is 15.0 Å². The molecule has 3 heterocycles. The molecule has 0 radical (unpaired) electrons. The number of pyridine rings is 3. The average molecular weight is 940 g/mol. The van der Waals surface area contributed by atoms with E-state index in [-0.39, 0.29) is 87.3 Å². The molecule has 0 aliphatic carbocycles. The van der Waals surface area contributed by atoms with Crippen LogP contribution in [0.4, 0.5) is 0 Å². The van der Waals surface area contributed by atoms with Crippen molar-refractivity contribution in [2.75, 3.05) is 0 Å². The monoisotopic (exact) mass is 939 g/mol. The Morgan fingerprint density at radius 1 is 0.339 bits per heavy atom. The minimum atomic E-state index is -1.17. The number of aromatic nitrogens is 3. The van der Waals surface area contributed by atoms with Crippen LogP contribution in [0.3, 0.4) is 0 Å². The smallest absolute Gasteiger partial charge is 2.00 e. The molecule has 328 valence electrons. The van der Waals surface area contributed by atoms with Gasteiger partial charge in [0.2, 0.25) is 0 Å². The largest absolute Gasteiger partial charge is 4.00 e. The number of carbonyl (C=O) groups excluding carboxylic acids is 3. The summed E-state index contributed by atoms with van der Waals surface area (Å²) in [6.45, 7) is 22.6. The van der Waals surface area contributed by atoms with Crippen LogP contribution in [0.1, 0.15) is 128 Å². The van der Waals surface area contributed by atoms with Gasteiger partial charge < -0.3 is 70.9 Å². The molecule has 0 fully saturated rings. The second kappa shape index (κ2) is 62.3. The normalized spacial score (nSPS) is 8.34. The van der Waals surface area contributed by atoms with Crippen LogP contribution >= 0.6 is 0 Å².